The molecular formula is C17H13F4NO2. The van der Waals surface area contributed by atoms with E-state index in [0.717, 1.165) is 24.3 Å². The highest BCUT2D eigenvalue weighted by Crippen LogP contribution is 2.38. The third kappa shape index (κ3) is 2.87. The molecule has 0 radical (unpaired) electrons. The van der Waals surface area contributed by atoms with E-state index in [9.17, 15) is 27.5 Å². The fourth-order valence-corrected chi connectivity index (χ4v) is 3.04. The molecule has 0 unspecified atom stereocenters. The predicted octanol–water partition coefficient (Wildman–Crippen LogP) is 2.76. The van der Waals surface area contributed by atoms with Gasteiger partial charge < -0.3 is 10.4 Å². The third-order valence-corrected chi connectivity index (χ3v) is 4.10. The van der Waals surface area contributed by atoms with Crippen LogP contribution >= 0.6 is 0 Å². The summed E-state index contributed by atoms with van der Waals surface area (Å²) in [5, 5.41) is 13.7. The standard InChI is InChI=1S/C17H13F4NO2/c18-11-3-9(4-12(19)7-11)17(24,15-1-2-16(23)22-15)10-5-13(20)8-14(21)6-10/h3-8,15,24H,1-2H2,(H,22,23)/t15-/m0/s1. The van der Waals surface area contributed by atoms with Gasteiger partial charge in [0.2, 0.25) is 5.91 Å². The van der Waals surface area contributed by atoms with Crippen LogP contribution in [0.4, 0.5) is 17.6 Å². The first-order chi connectivity index (χ1) is 11.3. The van der Waals surface area contributed by atoms with Gasteiger partial charge >= 0.3 is 0 Å². The molecule has 1 amide bonds. The quantitative estimate of drug-likeness (QED) is 0.845. The molecule has 0 aromatic heterocycles. The van der Waals surface area contributed by atoms with Crippen LogP contribution in [0.5, 0.6) is 0 Å². The number of nitrogens with one attached hydrogen (secondary N) is 1. The zero-order chi connectivity index (χ0) is 17.5. The Kier molecular flexibility index (Phi) is 4.04. The number of carbonyl (C=O) groups is 1. The number of rotatable bonds is 3. The zero-order valence-electron chi connectivity index (χ0n) is 12.3. The van der Waals surface area contributed by atoms with Crippen LogP contribution in [0.3, 0.4) is 0 Å². The Bertz CT molecular complexity index is 717. The van der Waals surface area contributed by atoms with Gasteiger partial charge in [-0.15, -0.1) is 0 Å². The van der Waals surface area contributed by atoms with Crippen LogP contribution in [0.1, 0.15) is 24.0 Å². The van der Waals surface area contributed by atoms with Gasteiger partial charge in [0, 0.05) is 18.6 Å². The molecular weight excluding hydrogens is 326 g/mol. The molecule has 24 heavy (non-hydrogen) atoms. The first kappa shape index (κ1) is 16.4. The normalized spacial score (nSPS) is 17.9. The lowest BCUT2D eigenvalue weighted by atomic mass is 9.79. The lowest BCUT2D eigenvalue weighted by Crippen LogP contribution is -2.47. The molecule has 1 aliphatic heterocycles. The summed E-state index contributed by atoms with van der Waals surface area (Å²) in [6, 6.07) is 3.74. The summed E-state index contributed by atoms with van der Waals surface area (Å²) in [4.78, 5) is 11.5. The van der Waals surface area contributed by atoms with Crippen LogP contribution in [0, 0.1) is 23.3 Å². The fourth-order valence-electron chi connectivity index (χ4n) is 3.04. The van der Waals surface area contributed by atoms with Crippen LogP contribution in [-0.2, 0) is 10.4 Å². The highest BCUT2D eigenvalue weighted by molar-refractivity contribution is 5.79. The first-order valence-corrected chi connectivity index (χ1v) is 7.24. The Hall–Kier alpha value is -2.41. The Morgan fingerprint density at radius 1 is 0.875 bits per heavy atom. The van der Waals surface area contributed by atoms with Crippen LogP contribution in [0.15, 0.2) is 36.4 Å². The van der Waals surface area contributed by atoms with Crippen molar-refractivity contribution < 1.29 is 27.5 Å². The monoisotopic (exact) mass is 339 g/mol. The van der Waals surface area contributed by atoms with Crippen molar-refractivity contribution in [3.8, 4) is 0 Å². The number of hydrogen-bond donors (Lipinski definition) is 2. The average Bonchev–Trinajstić information content (AvgIpc) is 2.91. The molecule has 2 aromatic carbocycles. The minimum absolute atomic E-state index is 0.0859. The maximum absolute atomic E-state index is 13.6. The lowest BCUT2D eigenvalue weighted by molar-refractivity contribution is -0.120. The smallest absolute Gasteiger partial charge is 0.220 e. The van der Waals surface area contributed by atoms with Crippen LogP contribution in [0.25, 0.3) is 0 Å². The van der Waals surface area contributed by atoms with Crippen LogP contribution in [0.2, 0.25) is 0 Å². The second-order valence-corrected chi connectivity index (χ2v) is 5.74. The molecule has 3 nitrogen and oxygen atoms in total. The second kappa shape index (κ2) is 5.90. The summed E-state index contributed by atoms with van der Waals surface area (Å²) in [6.07, 6.45) is 0.230. The number of aliphatic hydroxyl groups is 1. The SMILES string of the molecule is O=C1CC[C@@H](C(O)(c2cc(F)cc(F)c2)c2cc(F)cc(F)c2)N1. The van der Waals surface area contributed by atoms with Crippen molar-refractivity contribution in [3.05, 3.63) is 70.8 Å². The zero-order valence-corrected chi connectivity index (χ0v) is 12.3. The van der Waals surface area contributed by atoms with E-state index in [4.69, 9.17) is 0 Å². The number of halogens is 4. The maximum atomic E-state index is 13.6. The predicted molar refractivity (Wildman–Crippen MR) is 76.9 cm³/mol. The van der Waals surface area contributed by atoms with Gasteiger partial charge in [-0.3, -0.25) is 4.79 Å². The third-order valence-electron chi connectivity index (χ3n) is 4.10. The highest BCUT2D eigenvalue weighted by Gasteiger charge is 2.44. The summed E-state index contributed by atoms with van der Waals surface area (Å²) in [5.74, 6) is -4.18. The molecule has 3 rings (SSSR count). The number of carbonyl (C=O) groups excluding carboxylic acids is 1. The Balaban J connectivity index is 2.22. The van der Waals surface area contributed by atoms with Crippen molar-refractivity contribution in [1.29, 1.82) is 0 Å². The van der Waals surface area contributed by atoms with Gasteiger partial charge in [-0.25, -0.2) is 17.6 Å². The molecule has 7 heteroatoms. The van der Waals surface area contributed by atoms with Crippen LogP contribution < -0.4 is 5.32 Å². The van der Waals surface area contributed by atoms with Gasteiger partial charge in [0.05, 0.1) is 6.04 Å². The Morgan fingerprint density at radius 2 is 1.29 bits per heavy atom. The van der Waals surface area contributed by atoms with E-state index in [1.807, 2.05) is 0 Å². The summed E-state index contributed by atoms with van der Waals surface area (Å²) >= 11 is 0. The van der Waals surface area contributed by atoms with E-state index in [1.54, 1.807) is 0 Å². The van der Waals surface area contributed by atoms with Crippen molar-refractivity contribution in [3.63, 3.8) is 0 Å². The maximum Gasteiger partial charge on any atom is 0.220 e. The minimum Gasteiger partial charge on any atom is -0.378 e. The minimum atomic E-state index is -2.18. The largest absolute Gasteiger partial charge is 0.378 e. The van der Waals surface area contributed by atoms with Crippen molar-refractivity contribution >= 4 is 5.91 Å². The van der Waals surface area contributed by atoms with Gasteiger partial charge in [-0.05, 0) is 41.8 Å². The van der Waals surface area contributed by atoms with E-state index >= 15 is 0 Å². The second-order valence-electron chi connectivity index (χ2n) is 5.74. The number of amides is 1. The van der Waals surface area contributed by atoms with E-state index in [2.05, 4.69) is 5.32 Å². The molecule has 0 aliphatic carbocycles. The first-order valence-electron chi connectivity index (χ1n) is 7.24. The van der Waals surface area contributed by atoms with Crippen molar-refractivity contribution in [1.82, 2.24) is 5.32 Å². The summed E-state index contributed by atoms with van der Waals surface area (Å²) in [5.41, 5.74) is -2.66. The summed E-state index contributed by atoms with van der Waals surface area (Å²) in [6.45, 7) is 0. The average molecular weight is 339 g/mol. The van der Waals surface area contributed by atoms with Crippen molar-refractivity contribution in [2.75, 3.05) is 0 Å². The molecule has 2 N–H and O–H groups in total. The molecule has 0 spiro atoms. The summed E-state index contributed by atoms with van der Waals surface area (Å²) in [7, 11) is 0. The number of benzene rings is 2. The molecule has 1 aliphatic rings. The highest BCUT2D eigenvalue weighted by atomic mass is 19.1. The van der Waals surface area contributed by atoms with Gasteiger partial charge in [0.25, 0.3) is 0 Å². The van der Waals surface area contributed by atoms with Gasteiger partial charge in [-0.2, -0.15) is 0 Å². The molecule has 1 saturated heterocycles. The van der Waals surface area contributed by atoms with Gasteiger partial charge in [0.15, 0.2) is 0 Å². The van der Waals surface area contributed by atoms with E-state index in [1.165, 1.54) is 0 Å². The molecule has 0 bridgehead atoms. The van der Waals surface area contributed by atoms with E-state index < -0.39 is 34.9 Å². The molecule has 126 valence electrons. The van der Waals surface area contributed by atoms with Gasteiger partial charge in [-0.1, -0.05) is 0 Å². The summed E-state index contributed by atoms with van der Waals surface area (Å²) < 4.78 is 54.4. The van der Waals surface area contributed by atoms with E-state index in [0.29, 0.717) is 12.1 Å². The Morgan fingerprint density at radius 3 is 1.62 bits per heavy atom. The number of hydrogen-bond acceptors (Lipinski definition) is 2. The molecule has 1 heterocycles. The van der Waals surface area contributed by atoms with Crippen molar-refractivity contribution in [2.45, 2.75) is 24.5 Å². The van der Waals surface area contributed by atoms with E-state index in [-0.39, 0.29) is 29.9 Å². The van der Waals surface area contributed by atoms with Crippen LogP contribution in [-0.4, -0.2) is 17.1 Å². The van der Waals surface area contributed by atoms with Gasteiger partial charge in [0.1, 0.15) is 28.9 Å². The van der Waals surface area contributed by atoms with Crippen molar-refractivity contribution in [2.24, 2.45) is 0 Å². The topological polar surface area (TPSA) is 49.3 Å². The fraction of sp³-hybridized carbons (Fsp3) is 0.235. The lowest BCUT2D eigenvalue weighted by Gasteiger charge is -2.35. The molecule has 1 fully saturated rings. The Labute approximate surface area is 134 Å². The molecule has 0 saturated carbocycles. The molecule has 1 atom stereocenters. The molecule has 2 aromatic rings.